The summed E-state index contributed by atoms with van der Waals surface area (Å²) in [7, 11) is 0. The van der Waals surface area contributed by atoms with E-state index in [4.69, 9.17) is 0 Å². The molecule has 0 aliphatic heterocycles. The van der Waals surface area contributed by atoms with Gasteiger partial charge in [-0.1, -0.05) is 6.92 Å². The normalized spacial score (nSPS) is 18.6. The smallest absolute Gasteiger partial charge is 0.223 e. The molecule has 0 radical (unpaired) electrons. The van der Waals surface area contributed by atoms with Crippen molar-refractivity contribution in [2.75, 3.05) is 0 Å². The lowest BCUT2D eigenvalue weighted by molar-refractivity contribution is -0.197. The summed E-state index contributed by atoms with van der Waals surface area (Å²) in [5.41, 5.74) is -7.40. The Morgan fingerprint density at radius 1 is 0.929 bits per heavy atom. The number of aliphatic hydroxyl groups excluding tert-OH is 2. The predicted molar refractivity (Wildman–Crippen MR) is 91.9 cm³/mol. The van der Waals surface area contributed by atoms with E-state index in [2.05, 4.69) is 0 Å². The second-order valence-electron chi connectivity index (χ2n) is 6.41. The number of carbonyl (C=O) groups excluding carboxylic acids is 6. The molecular formula is C17H25NO10. The minimum Gasteiger partial charge on any atom is -0.390 e. The zero-order chi connectivity index (χ0) is 22.6. The van der Waals surface area contributed by atoms with Gasteiger partial charge in [-0.25, -0.2) is 0 Å². The Bertz CT molecular complexity index is 700. The molecule has 0 aliphatic rings. The SMILES string of the molecule is CCC(=O)N[C@@H](C(=O)C(C)=O)[C@](O)(C(C)=O)[C@@](O)(C(C)=O)C(=O)C(O)C(C)O. The van der Waals surface area contributed by atoms with Gasteiger partial charge < -0.3 is 25.7 Å². The molecule has 5 atom stereocenters. The largest absolute Gasteiger partial charge is 0.390 e. The molecule has 0 heterocycles. The average Bonchev–Trinajstić information content (AvgIpc) is 2.61. The van der Waals surface area contributed by atoms with Crippen molar-refractivity contribution in [2.24, 2.45) is 0 Å². The van der Waals surface area contributed by atoms with Crippen LogP contribution in [-0.2, 0) is 28.8 Å². The summed E-state index contributed by atoms with van der Waals surface area (Å²) in [5.74, 6) is -8.75. The molecule has 5 N–H and O–H groups in total. The van der Waals surface area contributed by atoms with E-state index >= 15 is 0 Å². The number of aliphatic hydroxyl groups is 4. The van der Waals surface area contributed by atoms with Crippen molar-refractivity contribution in [1.29, 1.82) is 0 Å². The van der Waals surface area contributed by atoms with Crippen molar-refractivity contribution in [3.05, 3.63) is 0 Å². The van der Waals surface area contributed by atoms with Gasteiger partial charge in [-0.05, 0) is 20.8 Å². The van der Waals surface area contributed by atoms with Crippen LogP contribution in [0, 0.1) is 0 Å². The molecule has 28 heavy (non-hydrogen) atoms. The monoisotopic (exact) mass is 403 g/mol. The van der Waals surface area contributed by atoms with E-state index in [9.17, 15) is 49.2 Å². The molecule has 0 aromatic rings. The highest BCUT2D eigenvalue weighted by Gasteiger charge is 2.68. The Morgan fingerprint density at radius 2 is 1.39 bits per heavy atom. The van der Waals surface area contributed by atoms with Crippen LogP contribution in [0.4, 0.5) is 0 Å². The van der Waals surface area contributed by atoms with Crippen LogP contribution < -0.4 is 5.32 Å². The lowest BCUT2D eigenvalue weighted by Gasteiger charge is -2.43. The standard InChI is InChI=1S/C17H25NO10/c1-6-11(23)18-14(12(24)7(2)19)16(27,9(4)21)17(28,10(5)22)15(26)13(25)8(3)20/h8,13-14,20,25,27-28H,6H2,1-5H3,(H,18,23)/t8?,13?,14-,16+,17+/m0/s1. The number of hydrogen-bond acceptors (Lipinski definition) is 10. The number of amides is 1. The van der Waals surface area contributed by atoms with Crippen LogP contribution >= 0.6 is 0 Å². The molecule has 0 aromatic carbocycles. The Morgan fingerprint density at radius 3 is 1.68 bits per heavy atom. The van der Waals surface area contributed by atoms with Crippen LogP contribution in [0.15, 0.2) is 0 Å². The molecule has 11 nitrogen and oxygen atoms in total. The fourth-order valence-corrected chi connectivity index (χ4v) is 2.56. The van der Waals surface area contributed by atoms with Crippen LogP contribution in [0.5, 0.6) is 0 Å². The minimum absolute atomic E-state index is 0.279. The Labute approximate surface area is 160 Å². The summed E-state index contributed by atoms with van der Waals surface area (Å²) in [5, 5.41) is 42.9. The van der Waals surface area contributed by atoms with Gasteiger partial charge in [-0.3, -0.25) is 28.8 Å². The van der Waals surface area contributed by atoms with Crippen LogP contribution in [-0.4, -0.2) is 84.7 Å². The van der Waals surface area contributed by atoms with Gasteiger partial charge in [-0.2, -0.15) is 0 Å². The van der Waals surface area contributed by atoms with Crippen molar-refractivity contribution in [3.8, 4) is 0 Å². The van der Waals surface area contributed by atoms with Crippen molar-refractivity contribution >= 4 is 34.8 Å². The second-order valence-corrected chi connectivity index (χ2v) is 6.41. The van der Waals surface area contributed by atoms with Crippen LogP contribution in [0.25, 0.3) is 0 Å². The van der Waals surface area contributed by atoms with Crippen molar-refractivity contribution in [2.45, 2.75) is 70.5 Å². The van der Waals surface area contributed by atoms with Gasteiger partial charge in [0.05, 0.1) is 6.10 Å². The number of ketones is 5. The Hall–Kier alpha value is -2.34. The van der Waals surface area contributed by atoms with Crippen molar-refractivity contribution in [3.63, 3.8) is 0 Å². The molecule has 1 amide bonds. The zero-order valence-electron chi connectivity index (χ0n) is 16.2. The molecular weight excluding hydrogens is 378 g/mol. The van der Waals surface area contributed by atoms with E-state index in [1.807, 2.05) is 5.32 Å². The third-order valence-corrected chi connectivity index (χ3v) is 4.33. The average molecular weight is 403 g/mol. The lowest BCUT2D eigenvalue weighted by atomic mass is 9.67. The van der Waals surface area contributed by atoms with Gasteiger partial charge in [0.25, 0.3) is 0 Å². The van der Waals surface area contributed by atoms with Crippen LogP contribution in [0.3, 0.4) is 0 Å². The molecule has 0 spiro atoms. The Balaban J connectivity index is 6.95. The topological polar surface area (TPSA) is 195 Å². The number of rotatable bonds is 11. The van der Waals surface area contributed by atoms with Gasteiger partial charge in [0.15, 0.2) is 23.0 Å². The summed E-state index contributed by atoms with van der Waals surface area (Å²) >= 11 is 0. The quantitative estimate of drug-likeness (QED) is 0.175. The molecule has 2 unspecified atom stereocenters. The maximum Gasteiger partial charge on any atom is 0.223 e. The summed E-state index contributed by atoms with van der Waals surface area (Å²) in [6.45, 7) is 4.18. The van der Waals surface area contributed by atoms with E-state index in [1.165, 1.54) is 6.92 Å². The van der Waals surface area contributed by atoms with E-state index in [0.717, 1.165) is 13.8 Å². The zero-order valence-corrected chi connectivity index (χ0v) is 16.2. The second kappa shape index (κ2) is 9.24. The first kappa shape index (κ1) is 25.7. The highest BCUT2D eigenvalue weighted by Crippen LogP contribution is 2.32. The number of carbonyl (C=O) groups is 6. The summed E-state index contributed by atoms with van der Waals surface area (Å²) in [4.78, 5) is 72.7. The predicted octanol–water partition coefficient (Wildman–Crippen LogP) is -3.01. The van der Waals surface area contributed by atoms with Crippen molar-refractivity contribution < 1.29 is 49.2 Å². The molecule has 0 aliphatic carbocycles. The molecule has 158 valence electrons. The van der Waals surface area contributed by atoms with Gasteiger partial charge in [0.1, 0.15) is 12.1 Å². The minimum atomic E-state index is -3.76. The lowest BCUT2D eigenvalue weighted by Crippen LogP contribution is -2.78. The highest BCUT2D eigenvalue weighted by atomic mass is 16.4. The maximum atomic E-state index is 12.5. The van der Waals surface area contributed by atoms with Crippen LogP contribution in [0.2, 0.25) is 0 Å². The molecule has 0 aromatic heterocycles. The maximum absolute atomic E-state index is 12.5. The van der Waals surface area contributed by atoms with Gasteiger partial charge in [-0.15, -0.1) is 0 Å². The fraction of sp³-hybridized carbons (Fsp3) is 0.647. The first-order valence-corrected chi connectivity index (χ1v) is 8.31. The van der Waals surface area contributed by atoms with E-state index in [1.54, 1.807) is 0 Å². The molecule has 0 saturated heterocycles. The van der Waals surface area contributed by atoms with E-state index in [0.29, 0.717) is 13.8 Å². The summed E-state index contributed by atoms with van der Waals surface area (Å²) in [6.07, 6.45) is -4.55. The number of Topliss-reactive ketones (excluding diaryl/α,β-unsaturated/α-hetero) is 5. The molecule has 0 bridgehead atoms. The van der Waals surface area contributed by atoms with Gasteiger partial charge in [0.2, 0.25) is 23.1 Å². The fourth-order valence-electron chi connectivity index (χ4n) is 2.56. The number of hydrogen-bond donors (Lipinski definition) is 5. The Kier molecular flexibility index (Phi) is 8.46. The molecule has 0 rings (SSSR count). The molecule has 0 fully saturated rings. The highest BCUT2D eigenvalue weighted by molar-refractivity contribution is 6.40. The van der Waals surface area contributed by atoms with E-state index in [-0.39, 0.29) is 6.42 Å². The van der Waals surface area contributed by atoms with Crippen molar-refractivity contribution in [1.82, 2.24) is 5.32 Å². The first-order chi connectivity index (χ1) is 12.6. The third-order valence-electron chi connectivity index (χ3n) is 4.33. The molecule has 11 heteroatoms. The van der Waals surface area contributed by atoms with Gasteiger partial charge in [0, 0.05) is 13.3 Å². The van der Waals surface area contributed by atoms with E-state index < -0.39 is 64.3 Å². The first-order valence-electron chi connectivity index (χ1n) is 8.31. The van der Waals surface area contributed by atoms with Gasteiger partial charge >= 0.3 is 0 Å². The summed E-state index contributed by atoms with van der Waals surface area (Å²) in [6, 6.07) is -2.51. The summed E-state index contributed by atoms with van der Waals surface area (Å²) < 4.78 is 0. The third kappa shape index (κ3) is 4.38. The number of nitrogens with one attached hydrogen (secondary N) is 1. The van der Waals surface area contributed by atoms with Crippen LogP contribution in [0.1, 0.15) is 41.0 Å². The molecule has 0 saturated carbocycles.